The van der Waals surface area contributed by atoms with Crippen molar-refractivity contribution < 1.29 is 33.6 Å². The van der Waals surface area contributed by atoms with Gasteiger partial charge in [-0.2, -0.15) is 0 Å². The van der Waals surface area contributed by atoms with Crippen LogP contribution in [0.1, 0.15) is 121 Å². The Hall–Kier alpha value is -1.33. The fraction of sp³-hybridized carbons (Fsp3) is 0.639. The number of carbonyl (C=O) groups excluding carboxylic acids is 1. The number of carbonyl (C=O) groups is 1. The molecule has 4 aliphatic rings. The summed E-state index contributed by atoms with van der Waals surface area (Å²) in [5.41, 5.74) is 6.33. The number of rotatable bonds is 3. The Morgan fingerprint density at radius 2 is 1.09 bits per heavy atom. The first-order valence-corrected chi connectivity index (χ1v) is 17.5. The molecule has 0 radical (unpaired) electrons. The van der Waals surface area contributed by atoms with Gasteiger partial charge in [0, 0.05) is 37.8 Å². The molecular formula is C36H48Br2O7. The molecule has 0 bridgehead atoms. The maximum Gasteiger partial charge on any atom is 0.302 e. The Morgan fingerprint density at radius 3 is 1.51 bits per heavy atom. The first-order valence-electron chi connectivity index (χ1n) is 15.9. The van der Waals surface area contributed by atoms with E-state index >= 15 is 0 Å². The highest BCUT2D eigenvalue weighted by atomic mass is 79.9. The van der Waals surface area contributed by atoms with Gasteiger partial charge in [0.2, 0.25) is 0 Å². The van der Waals surface area contributed by atoms with E-state index in [0.29, 0.717) is 26.4 Å². The molecule has 0 spiro atoms. The van der Waals surface area contributed by atoms with Crippen LogP contribution in [0.2, 0.25) is 0 Å². The van der Waals surface area contributed by atoms with Gasteiger partial charge in [-0.15, -0.1) is 0 Å². The van der Waals surface area contributed by atoms with Crippen LogP contribution in [0, 0.1) is 0 Å². The number of aliphatic hydroxyl groups is 1. The van der Waals surface area contributed by atoms with E-state index < -0.39 is 0 Å². The van der Waals surface area contributed by atoms with Crippen molar-refractivity contribution in [2.24, 2.45) is 0 Å². The number of esters is 1. The lowest BCUT2D eigenvalue weighted by Crippen LogP contribution is -2.47. The van der Waals surface area contributed by atoms with Crippen molar-refractivity contribution >= 4 is 37.8 Å². The molecule has 2 aliphatic heterocycles. The minimum Gasteiger partial charge on any atom is -0.462 e. The second-order valence-electron chi connectivity index (χ2n) is 15.2. The molecule has 6 rings (SSSR count). The van der Waals surface area contributed by atoms with Crippen LogP contribution in [0.25, 0.3) is 0 Å². The van der Waals surface area contributed by atoms with E-state index in [-0.39, 0.29) is 52.4 Å². The first kappa shape index (κ1) is 35.0. The fourth-order valence-electron chi connectivity index (χ4n) is 7.22. The number of hydrogen-bond acceptors (Lipinski definition) is 7. The Balaban J connectivity index is 0.000000179. The van der Waals surface area contributed by atoms with Crippen LogP contribution < -0.4 is 0 Å². The zero-order valence-corrected chi connectivity index (χ0v) is 31.2. The molecule has 2 aliphatic carbocycles. The van der Waals surface area contributed by atoms with Gasteiger partial charge in [0.1, 0.15) is 6.10 Å². The maximum atomic E-state index is 11.6. The van der Waals surface area contributed by atoms with Gasteiger partial charge in [-0.25, -0.2) is 0 Å². The normalized spacial score (nSPS) is 26.4. The average Bonchev–Trinajstić information content (AvgIpc) is 3.66. The quantitative estimate of drug-likeness (QED) is 0.317. The third-order valence-corrected chi connectivity index (χ3v) is 11.6. The van der Waals surface area contributed by atoms with E-state index in [1.54, 1.807) is 0 Å². The fourth-order valence-corrected chi connectivity index (χ4v) is 8.28. The Bertz CT molecular complexity index is 1440. The number of hydrogen-bond donors (Lipinski definition) is 1. The minimum absolute atomic E-state index is 0.0390. The smallest absolute Gasteiger partial charge is 0.302 e. The lowest BCUT2D eigenvalue weighted by Gasteiger charge is -2.47. The van der Waals surface area contributed by atoms with Gasteiger partial charge in [0.25, 0.3) is 0 Å². The molecule has 2 atom stereocenters. The first-order chi connectivity index (χ1) is 20.9. The maximum absolute atomic E-state index is 11.6. The largest absolute Gasteiger partial charge is 0.462 e. The summed E-state index contributed by atoms with van der Waals surface area (Å²) in [6, 6.07) is 8.68. The van der Waals surface area contributed by atoms with Crippen LogP contribution in [0.5, 0.6) is 0 Å². The monoisotopic (exact) mass is 750 g/mol. The van der Waals surface area contributed by atoms with Gasteiger partial charge in [0.15, 0.2) is 12.6 Å². The van der Waals surface area contributed by atoms with Crippen LogP contribution in [0.4, 0.5) is 0 Å². The standard InChI is InChI=1S/C19H25BrO4.C17H23BrO3/c1-11(21)24-16-10-18(2,3)13-9-15(20)12(17-22-6-7-23-17)8-14(13)19(16,4)5;1-16(2)9-14(19)17(3,4)12-7-10(13(18)8-11(12)16)15-20-5-6-21-15/h8-9,16-17H,6-7,10H2,1-5H3;7-8,14-15,19H,5-6,9H2,1-4H3. The molecule has 2 fully saturated rings. The van der Waals surface area contributed by atoms with Crippen molar-refractivity contribution in [3.05, 3.63) is 66.6 Å². The highest BCUT2D eigenvalue weighted by molar-refractivity contribution is 9.10. The summed E-state index contributed by atoms with van der Waals surface area (Å²) in [6.07, 6.45) is 0.432. The average molecular weight is 753 g/mol. The molecule has 2 unspecified atom stereocenters. The molecule has 7 nitrogen and oxygen atoms in total. The third kappa shape index (κ3) is 6.70. The molecule has 9 heteroatoms. The Morgan fingerprint density at radius 1 is 0.689 bits per heavy atom. The molecule has 0 saturated carbocycles. The predicted molar refractivity (Wildman–Crippen MR) is 180 cm³/mol. The second-order valence-corrected chi connectivity index (χ2v) is 16.9. The summed E-state index contributed by atoms with van der Waals surface area (Å²) in [4.78, 5) is 11.6. The molecule has 2 heterocycles. The predicted octanol–water partition coefficient (Wildman–Crippen LogP) is 8.20. The van der Waals surface area contributed by atoms with Gasteiger partial charge < -0.3 is 28.8 Å². The van der Waals surface area contributed by atoms with Crippen LogP contribution in [0.15, 0.2) is 33.2 Å². The highest BCUT2D eigenvalue weighted by Crippen LogP contribution is 2.50. The molecule has 2 aromatic rings. The molecule has 45 heavy (non-hydrogen) atoms. The summed E-state index contributed by atoms with van der Waals surface area (Å²) >= 11 is 7.35. The van der Waals surface area contributed by atoms with E-state index in [1.165, 1.54) is 29.2 Å². The van der Waals surface area contributed by atoms with Crippen LogP contribution in [-0.2, 0) is 50.1 Å². The van der Waals surface area contributed by atoms with Crippen molar-refractivity contribution in [2.45, 2.75) is 122 Å². The second kappa shape index (κ2) is 12.6. The zero-order chi connectivity index (χ0) is 33.1. The van der Waals surface area contributed by atoms with Crippen molar-refractivity contribution in [1.29, 1.82) is 0 Å². The van der Waals surface area contributed by atoms with Crippen LogP contribution in [0.3, 0.4) is 0 Å². The van der Waals surface area contributed by atoms with Gasteiger partial charge >= 0.3 is 5.97 Å². The van der Waals surface area contributed by atoms with Gasteiger partial charge in [0.05, 0.1) is 32.5 Å². The van der Waals surface area contributed by atoms with Crippen LogP contribution >= 0.6 is 31.9 Å². The lowest BCUT2D eigenvalue weighted by atomic mass is 9.61. The van der Waals surface area contributed by atoms with Crippen molar-refractivity contribution in [3.63, 3.8) is 0 Å². The van der Waals surface area contributed by atoms with Crippen molar-refractivity contribution in [1.82, 2.24) is 0 Å². The van der Waals surface area contributed by atoms with Gasteiger partial charge in [-0.3, -0.25) is 4.79 Å². The van der Waals surface area contributed by atoms with Gasteiger partial charge in [-0.05, 0) is 70.2 Å². The summed E-state index contributed by atoms with van der Waals surface area (Å²) in [5, 5.41) is 10.6. The number of halogens is 2. The minimum atomic E-state index is -0.348. The zero-order valence-electron chi connectivity index (χ0n) is 28.0. The molecule has 0 amide bonds. The van der Waals surface area contributed by atoms with E-state index in [0.717, 1.165) is 32.9 Å². The third-order valence-electron chi connectivity index (χ3n) is 10.2. The van der Waals surface area contributed by atoms with E-state index in [4.69, 9.17) is 23.7 Å². The molecule has 1 N–H and O–H groups in total. The summed E-state index contributed by atoms with van der Waals surface area (Å²) in [5.74, 6) is -0.230. The Labute approximate surface area is 284 Å². The van der Waals surface area contributed by atoms with Crippen LogP contribution in [-0.4, -0.2) is 49.7 Å². The summed E-state index contributed by atoms with van der Waals surface area (Å²) in [7, 11) is 0. The molecule has 2 aromatic carbocycles. The molecular weight excluding hydrogens is 704 g/mol. The van der Waals surface area contributed by atoms with E-state index in [2.05, 4.69) is 112 Å². The molecule has 0 aromatic heterocycles. The molecule has 2 saturated heterocycles. The number of ether oxygens (including phenoxy) is 5. The summed E-state index contributed by atoms with van der Waals surface area (Å²) in [6.45, 7) is 21.3. The SMILES string of the molecule is CC(=O)OC1CC(C)(C)c2cc(Br)c(C3OCCO3)cc2C1(C)C.CC1(C)CC(O)C(C)(C)c2cc(C3OCCO3)c(Br)cc21. The lowest BCUT2D eigenvalue weighted by molar-refractivity contribution is -0.151. The number of fused-ring (bicyclic) bond motifs is 2. The van der Waals surface area contributed by atoms with E-state index in [1.807, 2.05) is 0 Å². The Kier molecular flexibility index (Phi) is 9.80. The highest BCUT2D eigenvalue weighted by Gasteiger charge is 2.47. The van der Waals surface area contributed by atoms with Crippen molar-refractivity contribution in [2.75, 3.05) is 26.4 Å². The summed E-state index contributed by atoms with van der Waals surface area (Å²) < 4.78 is 30.4. The van der Waals surface area contributed by atoms with E-state index in [9.17, 15) is 9.90 Å². The van der Waals surface area contributed by atoms with Crippen molar-refractivity contribution in [3.8, 4) is 0 Å². The molecule has 248 valence electrons. The topological polar surface area (TPSA) is 83.5 Å². The van der Waals surface area contributed by atoms with Gasteiger partial charge in [-0.1, -0.05) is 87.2 Å². The number of aliphatic hydroxyl groups excluding tert-OH is 1. The number of benzene rings is 2.